The number of nitrogens with zero attached hydrogens (tertiary/aromatic N) is 2. The minimum absolute atomic E-state index is 0.00144. The third-order valence-corrected chi connectivity index (χ3v) is 5.38. The van der Waals surface area contributed by atoms with Gasteiger partial charge in [-0.25, -0.2) is 0 Å². The van der Waals surface area contributed by atoms with Crippen LogP contribution in [0.25, 0.3) is 11.1 Å². The number of anilines is 1. The van der Waals surface area contributed by atoms with E-state index < -0.39 is 0 Å². The van der Waals surface area contributed by atoms with E-state index in [1.807, 2.05) is 18.2 Å². The van der Waals surface area contributed by atoms with Crippen LogP contribution in [0, 0.1) is 0 Å². The topological polar surface area (TPSA) is 84.3 Å². The van der Waals surface area contributed by atoms with E-state index in [4.69, 9.17) is 16.3 Å². The number of hydrogen-bond acceptors (Lipinski definition) is 6. The van der Waals surface area contributed by atoms with Crippen molar-refractivity contribution < 1.29 is 14.6 Å². The highest BCUT2D eigenvalue weighted by molar-refractivity contribution is 9.10. The monoisotopic (exact) mass is 465 g/mol. The molecular formula is C18H13BrClN3O3S. The maximum Gasteiger partial charge on any atom is 0.286 e. The van der Waals surface area contributed by atoms with E-state index in [0.717, 1.165) is 11.3 Å². The summed E-state index contributed by atoms with van der Waals surface area (Å²) in [4.78, 5) is 12.3. The van der Waals surface area contributed by atoms with Crippen LogP contribution in [0.15, 0.2) is 46.9 Å². The zero-order chi connectivity index (χ0) is 19.4. The van der Waals surface area contributed by atoms with Crippen LogP contribution in [0.1, 0.15) is 20.4 Å². The molecule has 0 aliphatic heterocycles. The number of aromatic hydroxyl groups is 1. The zero-order valence-electron chi connectivity index (χ0n) is 13.9. The van der Waals surface area contributed by atoms with Crippen LogP contribution in [0.4, 0.5) is 5.69 Å². The predicted molar refractivity (Wildman–Crippen MR) is 110 cm³/mol. The Balaban J connectivity index is 1.80. The lowest BCUT2D eigenvalue weighted by molar-refractivity contribution is 0.102. The molecule has 27 heavy (non-hydrogen) atoms. The molecule has 2 N–H and O–H groups in total. The smallest absolute Gasteiger partial charge is 0.286 e. The Morgan fingerprint density at radius 1 is 1.26 bits per heavy atom. The molecule has 0 unspecified atom stereocenters. The van der Waals surface area contributed by atoms with Gasteiger partial charge in [0.1, 0.15) is 0 Å². The molecule has 0 aliphatic carbocycles. The summed E-state index contributed by atoms with van der Waals surface area (Å²) in [5, 5.41) is 21.4. The summed E-state index contributed by atoms with van der Waals surface area (Å²) >= 11 is 10.7. The molecule has 0 bridgehead atoms. The lowest BCUT2D eigenvalue weighted by atomic mass is 10.2. The number of ether oxygens (including phenoxy) is 1. The summed E-state index contributed by atoms with van der Waals surface area (Å²) in [5.41, 5.74) is 1.36. The summed E-state index contributed by atoms with van der Waals surface area (Å²) < 4.78 is 5.59. The van der Waals surface area contributed by atoms with Gasteiger partial charge < -0.3 is 15.2 Å². The molecule has 0 atom stereocenters. The fraction of sp³-hybridized carbons (Fsp3) is 0.0556. The predicted octanol–water partition coefficient (Wildman–Crippen LogP) is 5.00. The highest BCUT2D eigenvalue weighted by Gasteiger charge is 2.15. The van der Waals surface area contributed by atoms with E-state index >= 15 is 0 Å². The van der Waals surface area contributed by atoms with Gasteiger partial charge in [0.2, 0.25) is 5.01 Å². The normalized spacial score (nSPS) is 11.3. The number of methoxy groups -OCH3 is 1. The summed E-state index contributed by atoms with van der Waals surface area (Å²) in [5.74, 6) is -0.0506. The number of carbonyl (C=O) groups excluding carboxylic acids is 1. The number of nitrogens with one attached hydrogen (secondary N) is 1. The van der Waals surface area contributed by atoms with Crippen molar-refractivity contribution in [2.45, 2.75) is 0 Å². The molecule has 0 aliphatic rings. The molecule has 1 heterocycles. The molecule has 2 aromatic carbocycles. The molecule has 1 aromatic heterocycles. The average molecular weight is 467 g/mol. The van der Waals surface area contributed by atoms with Gasteiger partial charge in [-0.3, -0.25) is 4.79 Å². The quantitative estimate of drug-likeness (QED) is 0.552. The maximum atomic E-state index is 12.3. The van der Waals surface area contributed by atoms with Crippen molar-refractivity contribution in [3.05, 3.63) is 62.5 Å². The number of phenolic OH excluding ortho intramolecular Hbond substituents is 1. The lowest BCUT2D eigenvalue weighted by Crippen LogP contribution is -2.11. The number of hydrogen-bond donors (Lipinski definition) is 2. The third kappa shape index (κ3) is 4.65. The second kappa shape index (κ2) is 8.51. The number of benzene rings is 2. The van der Waals surface area contributed by atoms with Gasteiger partial charge in [0.25, 0.3) is 5.91 Å². The second-order valence-corrected chi connectivity index (χ2v) is 7.52. The first kappa shape index (κ1) is 19.3. The molecule has 0 saturated heterocycles. The third-order valence-electron chi connectivity index (χ3n) is 3.42. The van der Waals surface area contributed by atoms with Gasteiger partial charge in [-0.05, 0) is 51.8 Å². The lowest BCUT2D eigenvalue weighted by Gasteiger charge is -2.06. The highest BCUT2D eigenvalue weighted by Crippen LogP contribution is 2.36. The first-order valence-electron chi connectivity index (χ1n) is 7.62. The van der Waals surface area contributed by atoms with Gasteiger partial charge in [-0.2, -0.15) is 0 Å². The van der Waals surface area contributed by atoms with E-state index in [1.165, 1.54) is 7.11 Å². The van der Waals surface area contributed by atoms with Gasteiger partial charge in [0.05, 0.1) is 16.6 Å². The molecule has 0 fully saturated rings. The van der Waals surface area contributed by atoms with Crippen LogP contribution in [0.2, 0.25) is 0 Å². The second-order valence-electron chi connectivity index (χ2n) is 5.28. The van der Waals surface area contributed by atoms with Gasteiger partial charge in [0.15, 0.2) is 16.5 Å². The molecule has 9 heteroatoms. The summed E-state index contributed by atoms with van der Waals surface area (Å²) in [6.07, 6.45) is 1.65. The van der Waals surface area contributed by atoms with Gasteiger partial charge >= 0.3 is 0 Å². The molecule has 0 spiro atoms. The fourth-order valence-corrected chi connectivity index (χ4v) is 3.54. The van der Waals surface area contributed by atoms with Crippen LogP contribution in [0.3, 0.4) is 0 Å². The standard InChI is InChI=1S/C18H13BrClN3O3S/c1-26-14-9-10(7-12(19)15(14)24)8-13(20)17-22-23-18(27-17)16(25)21-11-5-3-2-4-6-11/h2-9,24H,1H3,(H,21,25)/b13-8-. The number of para-hydroxylation sites is 1. The van der Waals surface area contributed by atoms with Crippen molar-refractivity contribution in [2.24, 2.45) is 0 Å². The van der Waals surface area contributed by atoms with E-state index in [1.54, 1.807) is 30.3 Å². The van der Waals surface area contributed by atoms with Crippen molar-refractivity contribution in [1.29, 1.82) is 0 Å². The molecule has 138 valence electrons. The van der Waals surface area contributed by atoms with Crippen molar-refractivity contribution in [3.8, 4) is 11.5 Å². The number of rotatable bonds is 5. The van der Waals surface area contributed by atoms with Crippen molar-refractivity contribution >= 4 is 61.6 Å². The largest absolute Gasteiger partial charge is 0.503 e. The Bertz CT molecular complexity index is 1010. The average Bonchev–Trinajstić information content (AvgIpc) is 3.16. The molecule has 0 radical (unpaired) electrons. The van der Waals surface area contributed by atoms with Gasteiger partial charge in [-0.1, -0.05) is 41.1 Å². The van der Waals surface area contributed by atoms with Crippen LogP contribution in [-0.2, 0) is 0 Å². The van der Waals surface area contributed by atoms with Crippen molar-refractivity contribution in [3.63, 3.8) is 0 Å². The first-order valence-corrected chi connectivity index (χ1v) is 9.60. The Morgan fingerprint density at radius 2 is 1.96 bits per heavy atom. The molecule has 3 aromatic rings. The van der Waals surface area contributed by atoms with E-state index in [-0.39, 0.29) is 16.7 Å². The van der Waals surface area contributed by atoms with Crippen LogP contribution >= 0.6 is 38.9 Å². The number of carbonyl (C=O) groups is 1. The van der Waals surface area contributed by atoms with E-state index in [2.05, 4.69) is 31.4 Å². The Hall–Kier alpha value is -2.42. The maximum absolute atomic E-state index is 12.3. The molecule has 1 amide bonds. The van der Waals surface area contributed by atoms with Crippen molar-refractivity contribution in [2.75, 3.05) is 12.4 Å². The number of amides is 1. The first-order chi connectivity index (χ1) is 13.0. The minimum atomic E-state index is -0.358. The molecule has 3 rings (SSSR count). The van der Waals surface area contributed by atoms with E-state index in [0.29, 0.717) is 31.5 Å². The Labute approximate surface area is 172 Å². The zero-order valence-corrected chi connectivity index (χ0v) is 17.1. The molecular weight excluding hydrogens is 454 g/mol. The van der Waals surface area contributed by atoms with E-state index in [9.17, 15) is 9.90 Å². The van der Waals surface area contributed by atoms with Crippen LogP contribution < -0.4 is 10.1 Å². The van der Waals surface area contributed by atoms with Crippen LogP contribution in [-0.4, -0.2) is 28.3 Å². The molecule has 0 saturated carbocycles. The summed E-state index contributed by atoms with van der Waals surface area (Å²) in [6.45, 7) is 0. The number of phenols is 1. The number of halogens is 2. The fourth-order valence-electron chi connectivity index (χ4n) is 2.16. The Kier molecular flexibility index (Phi) is 6.10. The van der Waals surface area contributed by atoms with Gasteiger partial charge in [0, 0.05) is 5.69 Å². The minimum Gasteiger partial charge on any atom is -0.503 e. The summed E-state index contributed by atoms with van der Waals surface area (Å²) in [6, 6.07) is 12.4. The summed E-state index contributed by atoms with van der Waals surface area (Å²) in [7, 11) is 1.46. The molecule has 6 nitrogen and oxygen atoms in total. The SMILES string of the molecule is COc1cc(/C=C(\Cl)c2nnc(C(=O)Nc3ccccc3)s2)cc(Br)c1O. The highest BCUT2D eigenvalue weighted by atomic mass is 79.9. The number of aromatic nitrogens is 2. The van der Waals surface area contributed by atoms with Gasteiger partial charge in [-0.15, -0.1) is 10.2 Å². The van der Waals surface area contributed by atoms with Crippen LogP contribution in [0.5, 0.6) is 11.5 Å². The van der Waals surface area contributed by atoms with Crippen molar-refractivity contribution in [1.82, 2.24) is 10.2 Å². The Morgan fingerprint density at radius 3 is 2.67 bits per heavy atom.